The molecule has 0 aliphatic carbocycles. The Kier molecular flexibility index (Phi) is 6.45. The number of likely N-dealkylation sites (N-methyl/N-ethyl adjacent to an activating group) is 1. The van der Waals surface area contributed by atoms with Crippen molar-refractivity contribution in [2.45, 2.75) is 24.0 Å². The highest BCUT2D eigenvalue weighted by atomic mass is 79.9. The van der Waals surface area contributed by atoms with E-state index in [4.69, 9.17) is 0 Å². The summed E-state index contributed by atoms with van der Waals surface area (Å²) in [4.78, 5) is 13.3. The van der Waals surface area contributed by atoms with Gasteiger partial charge in [0.1, 0.15) is 4.21 Å². The summed E-state index contributed by atoms with van der Waals surface area (Å²) in [6.45, 7) is 2.47. The Morgan fingerprint density at radius 3 is 2.68 bits per heavy atom. The third kappa shape index (κ3) is 5.21. The van der Waals surface area contributed by atoms with Crippen LogP contribution in [0.5, 0.6) is 0 Å². The van der Waals surface area contributed by atoms with Crippen molar-refractivity contribution in [3.63, 3.8) is 0 Å². The topological polar surface area (TPSA) is 66.5 Å². The Labute approximate surface area is 126 Å². The molecule has 0 saturated carbocycles. The van der Waals surface area contributed by atoms with Crippen LogP contribution in [0.2, 0.25) is 0 Å². The first-order valence-electron chi connectivity index (χ1n) is 5.85. The van der Waals surface area contributed by atoms with Gasteiger partial charge in [0.15, 0.2) is 0 Å². The predicted octanol–water partition coefficient (Wildman–Crippen LogP) is 2.05. The van der Waals surface area contributed by atoms with Gasteiger partial charge in [-0.05, 0) is 34.5 Å². The molecule has 1 heterocycles. The normalized spacial score (nSPS) is 11.5. The van der Waals surface area contributed by atoms with E-state index >= 15 is 0 Å². The maximum absolute atomic E-state index is 11.9. The molecule has 0 aliphatic rings. The van der Waals surface area contributed by atoms with Crippen molar-refractivity contribution in [1.82, 2.24) is 9.62 Å². The fourth-order valence-electron chi connectivity index (χ4n) is 1.32. The van der Waals surface area contributed by atoms with Crippen molar-refractivity contribution in [3.8, 4) is 0 Å². The van der Waals surface area contributed by atoms with Gasteiger partial charge in [-0.25, -0.2) is 13.1 Å². The number of halogens is 1. The van der Waals surface area contributed by atoms with Crippen LogP contribution in [0.25, 0.3) is 0 Å². The van der Waals surface area contributed by atoms with Crippen molar-refractivity contribution < 1.29 is 13.2 Å². The Balaban J connectivity index is 2.54. The van der Waals surface area contributed by atoms with Crippen LogP contribution >= 0.6 is 27.3 Å². The summed E-state index contributed by atoms with van der Waals surface area (Å²) in [5.74, 6) is -0.229. The fraction of sp³-hybridized carbons (Fsp3) is 0.545. The SMILES string of the molecule is CCCCN(C)C(=O)CNS(=O)(=O)c1ccc(Br)s1. The zero-order chi connectivity index (χ0) is 14.5. The zero-order valence-corrected chi connectivity index (χ0v) is 14.1. The average molecular weight is 369 g/mol. The molecule has 1 aromatic rings. The van der Waals surface area contributed by atoms with E-state index in [-0.39, 0.29) is 16.7 Å². The molecule has 19 heavy (non-hydrogen) atoms. The lowest BCUT2D eigenvalue weighted by Crippen LogP contribution is -2.38. The molecule has 1 rings (SSSR count). The highest BCUT2D eigenvalue weighted by Crippen LogP contribution is 2.25. The van der Waals surface area contributed by atoms with E-state index in [1.54, 1.807) is 13.1 Å². The van der Waals surface area contributed by atoms with E-state index in [0.29, 0.717) is 6.54 Å². The van der Waals surface area contributed by atoms with Crippen LogP contribution in [0, 0.1) is 0 Å². The highest BCUT2D eigenvalue weighted by molar-refractivity contribution is 9.11. The Morgan fingerprint density at radius 1 is 1.47 bits per heavy atom. The molecular formula is C11H17BrN2O3S2. The van der Waals surface area contributed by atoms with Gasteiger partial charge in [0.2, 0.25) is 5.91 Å². The average Bonchev–Trinajstić information content (AvgIpc) is 2.80. The van der Waals surface area contributed by atoms with Gasteiger partial charge in [0.25, 0.3) is 10.0 Å². The molecule has 0 spiro atoms. The van der Waals surface area contributed by atoms with Crippen LogP contribution in [-0.2, 0) is 14.8 Å². The van der Waals surface area contributed by atoms with Gasteiger partial charge in [0.05, 0.1) is 10.3 Å². The van der Waals surface area contributed by atoms with Gasteiger partial charge in [-0.2, -0.15) is 0 Å². The highest BCUT2D eigenvalue weighted by Gasteiger charge is 2.18. The molecule has 8 heteroatoms. The number of nitrogens with zero attached hydrogens (tertiary/aromatic N) is 1. The molecule has 0 saturated heterocycles. The first-order valence-corrected chi connectivity index (χ1v) is 8.95. The number of sulfonamides is 1. The molecule has 1 amide bonds. The molecular weight excluding hydrogens is 352 g/mol. The maximum atomic E-state index is 11.9. The summed E-state index contributed by atoms with van der Waals surface area (Å²) in [5.41, 5.74) is 0. The lowest BCUT2D eigenvalue weighted by molar-refractivity contribution is -0.128. The maximum Gasteiger partial charge on any atom is 0.250 e. The number of rotatable bonds is 7. The van der Waals surface area contributed by atoms with Crippen molar-refractivity contribution in [1.29, 1.82) is 0 Å². The minimum atomic E-state index is -3.60. The van der Waals surface area contributed by atoms with Crippen LogP contribution < -0.4 is 4.72 Å². The summed E-state index contributed by atoms with van der Waals surface area (Å²) in [7, 11) is -1.92. The van der Waals surface area contributed by atoms with E-state index in [1.165, 1.54) is 11.0 Å². The van der Waals surface area contributed by atoms with Gasteiger partial charge in [-0.3, -0.25) is 4.79 Å². The molecule has 0 fully saturated rings. The molecule has 0 unspecified atom stereocenters. The van der Waals surface area contributed by atoms with Gasteiger partial charge < -0.3 is 4.90 Å². The number of hydrogen-bond donors (Lipinski definition) is 1. The van der Waals surface area contributed by atoms with Crippen molar-refractivity contribution in [3.05, 3.63) is 15.9 Å². The van der Waals surface area contributed by atoms with E-state index in [9.17, 15) is 13.2 Å². The summed E-state index contributed by atoms with van der Waals surface area (Å²) in [5, 5.41) is 0. The molecule has 1 N–H and O–H groups in total. The summed E-state index contributed by atoms with van der Waals surface area (Å²) < 4.78 is 27.0. The number of hydrogen-bond acceptors (Lipinski definition) is 4. The van der Waals surface area contributed by atoms with E-state index in [0.717, 1.165) is 28.0 Å². The molecule has 5 nitrogen and oxygen atoms in total. The second-order valence-electron chi connectivity index (χ2n) is 4.05. The Bertz CT molecular complexity index is 528. The number of nitrogens with one attached hydrogen (secondary N) is 1. The quantitative estimate of drug-likeness (QED) is 0.800. The van der Waals surface area contributed by atoms with Crippen molar-refractivity contribution >= 4 is 43.2 Å². The standard InChI is InChI=1S/C11H17BrN2O3S2/c1-3-4-7-14(2)10(15)8-13-19(16,17)11-6-5-9(12)18-11/h5-6,13H,3-4,7-8H2,1-2H3. The molecule has 0 atom stereocenters. The van der Waals surface area contributed by atoms with E-state index < -0.39 is 10.0 Å². The number of carbonyl (C=O) groups is 1. The predicted molar refractivity (Wildman–Crippen MR) is 79.8 cm³/mol. The number of carbonyl (C=O) groups excluding carboxylic acids is 1. The number of thiophene rings is 1. The monoisotopic (exact) mass is 368 g/mol. The zero-order valence-electron chi connectivity index (χ0n) is 10.8. The van der Waals surface area contributed by atoms with Crippen LogP contribution in [0.1, 0.15) is 19.8 Å². The van der Waals surface area contributed by atoms with Crippen molar-refractivity contribution in [2.24, 2.45) is 0 Å². The Hall–Kier alpha value is -0.440. The third-order valence-corrected chi connectivity index (χ3v) is 6.02. The second kappa shape index (κ2) is 7.37. The molecule has 0 radical (unpaired) electrons. The van der Waals surface area contributed by atoms with Crippen molar-refractivity contribution in [2.75, 3.05) is 20.1 Å². The third-order valence-electron chi connectivity index (χ3n) is 2.50. The largest absolute Gasteiger partial charge is 0.345 e. The minimum Gasteiger partial charge on any atom is -0.345 e. The summed E-state index contributed by atoms with van der Waals surface area (Å²) in [6.07, 6.45) is 1.90. The summed E-state index contributed by atoms with van der Waals surface area (Å²) >= 11 is 4.32. The molecule has 0 bridgehead atoms. The second-order valence-corrected chi connectivity index (χ2v) is 8.51. The van der Waals surface area contributed by atoms with Gasteiger partial charge in [0, 0.05) is 13.6 Å². The smallest absolute Gasteiger partial charge is 0.250 e. The Morgan fingerprint density at radius 2 is 2.16 bits per heavy atom. The van der Waals surface area contributed by atoms with Crippen LogP contribution in [0.3, 0.4) is 0 Å². The first-order chi connectivity index (χ1) is 8.86. The lowest BCUT2D eigenvalue weighted by Gasteiger charge is -2.16. The molecule has 0 aromatic carbocycles. The number of unbranched alkanes of at least 4 members (excludes halogenated alkanes) is 1. The van der Waals surface area contributed by atoms with Crippen LogP contribution in [0.15, 0.2) is 20.1 Å². The molecule has 0 aliphatic heterocycles. The first kappa shape index (κ1) is 16.6. The van der Waals surface area contributed by atoms with Crippen LogP contribution in [0.4, 0.5) is 0 Å². The fourth-order valence-corrected chi connectivity index (χ4v) is 4.35. The lowest BCUT2D eigenvalue weighted by atomic mass is 10.3. The van der Waals surface area contributed by atoms with E-state index in [1.807, 2.05) is 6.92 Å². The van der Waals surface area contributed by atoms with E-state index in [2.05, 4.69) is 20.7 Å². The molecule has 1 aromatic heterocycles. The van der Waals surface area contributed by atoms with Crippen LogP contribution in [-0.4, -0.2) is 39.4 Å². The summed E-state index contributed by atoms with van der Waals surface area (Å²) in [6, 6.07) is 3.16. The number of amides is 1. The van der Waals surface area contributed by atoms with Gasteiger partial charge >= 0.3 is 0 Å². The van der Waals surface area contributed by atoms with Gasteiger partial charge in [-0.15, -0.1) is 11.3 Å². The molecule has 108 valence electrons. The minimum absolute atomic E-state index is 0.198. The van der Waals surface area contributed by atoms with Gasteiger partial charge in [-0.1, -0.05) is 13.3 Å².